The Balaban J connectivity index is 1.50. The molecule has 1 aromatic rings. The van der Waals surface area contributed by atoms with Gasteiger partial charge in [-0.1, -0.05) is 0 Å². The molecule has 0 bridgehead atoms. The fraction of sp³-hybridized carbons (Fsp3) is 0.706. The SMILES string of the molecule is O=C(NC1CC1)[C@@H]1CCCN1c1cc(N2CCCCC2)ncn1. The summed E-state index contributed by atoms with van der Waals surface area (Å²) in [6.45, 7) is 3.04. The molecule has 23 heavy (non-hydrogen) atoms. The van der Waals surface area contributed by atoms with Gasteiger partial charge in [-0.05, 0) is 44.9 Å². The molecule has 1 saturated carbocycles. The molecule has 0 radical (unpaired) electrons. The highest BCUT2D eigenvalue weighted by molar-refractivity contribution is 5.86. The van der Waals surface area contributed by atoms with Crippen LogP contribution in [0.25, 0.3) is 0 Å². The van der Waals surface area contributed by atoms with Crippen molar-refractivity contribution >= 4 is 17.5 Å². The second kappa shape index (κ2) is 6.34. The molecule has 2 aliphatic heterocycles. The number of hydrogen-bond acceptors (Lipinski definition) is 5. The topological polar surface area (TPSA) is 61.4 Å². The third-order valence-electron chi connectivity index (χ3n) is 5.09. The Kier molecular flexibility index (Phi) is 4.06. The van der Waals surface area contributed by atoms with Crippen LogP contribution in [0.5, 0.6) is 0 Å². The third kappa shape index (κ3) is 3.26. The second-order valence-corrected chi connectivity index (χ2v) is 6.92. The van der Waals surface area contributed by atoms with E-state index in [1.54, 1.807) is 6.33 Å². The molecule has 0 aromatic carbocycles. The first-order chi connectivity index (χ1) is 11.3. The van der Waals surface area contributed by atoms with Crippen LogP contribution >= 0.6 is 0 Å². The fourth-order valence-electron chi connectivity index (χ4n) is 3.63. The van der Waals surface area contributed by atoms with Gasteiger partial charge >= 0.3 is 0 Å². The zero-order valence-electron chi connectivity index (χ0n) is 13.6. The minimum Gasteiger partial charge on any atom is -0.356 e. The van der Waals surface area contributed by atoms with E-state index in [0.717, 1.165) is 57.0 Å². The van der Waals surface area contributed by atoms with Crippen molar-refractivity contribution in [2.75, 3.05) is 29.4 Å². The maximum absolute atomic E-state index is 12.5. The predicted molar refractivity (Wildman–Crippen MR) is 89.6 cm³/mol. The lowest BCUT2D eigenvalue weighted by molar-refractivity contribution is -0.122. The molecule has 3 heterocycles. The first-order valence-electron chi connectivity index (χ1n) is 8.95. The fourth-order valence-corrected chi connectivity index (χ4v) is 3.63. The largest absolute Gasteiger partial charge is 0.356 e. The summed E-state index contributed by atoms with van der Waals surface area (Å²) in [6.07, 6.45) is 9.64. The van der Waals surface area contributed by atoms with Gasteiger partial charge in [-0.25, -0.2) is 9.97 Å². The highest BCUT2D eigenvalue weighted by Crippen LogP contribution is 2.28. The molecule has 0 unspecified atom stereocenters. The normalized spacial score (nSPS) is 24.8. The number of piperidine rings is 1. The number of carbonyl (C=O) groups is 1. The molecule has 0 spiro atoms. The molecular formula is C17H25N5O. The molecule has 1 atom stereocenters. The molecule has 3 aliphatic rings. The highest BCUT2D eigenvalue weighted by atomic mass is 16.2. The lowest BCUT2D eigenvalue weighted by atomic mass is 10.1. The summed E-state index contributed by atoms with van der Waals surface area (Å²) < 4.78 is 0. The number of rotatable bonds is 4. The summed E-state index contributed by atoms with van der Waals surface area (Å²) in [5.74, 6) is 2.07. The summed E-state index contributed by atoms with van der Waals surface area (Å²) in [4.78, 5) is 25.9. The summed E-state index contributed by atoms with van der Waals surface area (Å²) in [7, 11) is 0. The highest BCUT2D eigenvalue weighted by Gasteiger charge is 2.34. The first kappa shape index (κ1) is 14.7. The standard InChI is InChI=1S/C17H25N5O/c23-17(20-13-6-7-13)14-5-4-10-22(14)16-11-15(18-12-19-16)21-8-2-1-3-9-21/h11-14H,1-10H2,(H,20,23)/t14-/m0/s1. The Morgan fingerprint density at radius 3 is 2.57 bits per heavy atom. The zero-order chi connectivity index (χ0) is 15.6. The second-order valence-electron chi connectivity index (χ2n) is 6.92. The molecule has 3 fully saturated rings. The van der Waals surface area contributed by atoms with Crippen LogP contribution in [0.3, 0.4) is 0 Å². The number of amides is 1. The number of anilines is 2. The summed E-state index contributed by atoms with van der Waals surface area (Å²) >= 11 is 0. The van der Waals surface area contributed by atoms with E-state index in [0.29, 0.717) is 6.04 Å². The van der Waals surface area contributed by atoms with E-state index >= 15 is 0 Å². The van der Waals surface area contributed by atoms with E-state index in [-0.39, 0.29) is 11.9 Å². The smallest absolute Gasteiger partial charge is 0.242 e. The van der Waals surface area contributed by atoms with Crippen molar-refractivity contribution in [3.63, 3.8) is 0 Å². The number of hydrogen-bond donors (Lipinski definition) is 1. The van der Waals surface area contributed by atoms with E-state index < -0.39 is 0 Å². The Morgan fingerprint density at radius 2 is 1.78 bits per heavy atom. The van der Waals surface area contributed by atoms with Gasteiger partial charge in [0.25, 0.3) is 0 Å². The van der Waals surface area contributed by atoms with E-state index in [9.17, 15) is 4.79 Å². The van der Waals surface area contributed by atoms with Gasteiger partial charge in [0.1, 0.15) is 24.0 Å². The monoisotopic (exact) mass is 315 g/mol. The molecule has 1 aliphatic carbocycles. The number of aromatic nitrogens is 2. The van der Waals surface area contributed by atoms with Crippen molar-refractivity contribution in [3.8, 4) is 0 Å². The number of carbonyl (C=O) groups excluding carboxylic acids is 1. The van der Waals surface area contributed by atoms with Crippen LogP contribution in [-0.2, 0) is 4.79 Å². The van der Waals surface area contributed by atoms with Crippen molar-refractivity contribution in [2.24, 2.45) is 0 Å². The van der Waals surface area contributed by atoms with Gasteiger partial charge in [0.2, 0.25) is 5.91 Å². The molecule has 124 valence electrons. The number of nitrogens with zero attached hydrogens (tertiary/aromatic N) is 4. The van der Waals surface area contributed by atoms with Gasteiger partial charge in [-0.3, -0.25) is 4.79 Å². The van der Waals surface area contributed by atoms with Gasteiger partial charge < -0.3 is 15.1 Å². The lowest BCUT2D eigenvalue weighted by Crippen LogP contribution is -2.44. The molecule has 4 rings (SSSR count). The molecular weight excluding hydrogens is 290 g/mol. The van der Waals surface area contributed by atoms with Gasteiger partial charge in [-0.2, -0.15) is 0 Å². The van der Waals surface area contributed by atoms with Crippen LogP contribution < -0.4 is 15.1 Å². The van der Waals surface area contributed by atoms with E-state index in [1.807, 2.05) is 0 Å². The molecule has 6 nitrogen and oxygen atoms in total. The van der Waals surface area contributed by atoms with Gasteiger partial charge in [0, 0.05) is 31.7 Å². The maximum Gasteiger partial charge on any atom is 0.242 e. The van der Waals surface area contributed by atoms with Crippen LogP contribution in [0.4, 0.5) is 11.6 Å². The quantitative estimate of drug-likeness (QED) is 0.916. The Hall–Kier alpha value is -1.85. The Morgan fingerprint density at radius 1 is 1.00 bits per heavy atom. The van der Waals surface area contributed by atoms with E-state index in [1.165, 1.54) is 19.3 Å². The van der Waals surface area contributed by atoms with Crippen LogP contribution in [0.2, 0.25) is 0 Å². The molecule has 6 heteroatoms. The zero-order valence-corrected chi connectivity index (χ0v) is 13.6. The molecule has 2 saturated heterocycles. The predicted octanol–water partition coefficient (Wildman–Crippen LogP) is 1.71. The minimum atomic E-state index is -0.0697. The van der Waals surface area contributed by atoms with Gasteiger partial charge in [-0.15, -0.1) is 0 Å². The van der Waals surface area contributed by atoms with Crippen molar-refractivity contribution in [1.29, 1.82) is 0 Å². The maximum atomic E-state index is 12.5. The average molecular weight is 315 g/mol. The van der Waals surface area contributed by atoms with Crippen molar-refractivity contribution in [2.45, 2.75) is 57.0 Å². The summed E-state index contributed by atoms with van der Waals surface area (Å²) in [6, 6.07) is 2.41. The van der Waals surface area contributed by atoms with Crippen LogP contribution in [0.15, 0.2) is 12.4 Å². The van der Waals surface area contributed by atoms with Gasteiger partial charge in [0.15, 0.2) is 0 Å². The Bertz CT molecular complexity index is 568. The molecule has 1 amide bonds. The third-order valence-corrected chi connectivity index (χ3v) is 5.09. The van der Waals surface area contributed by atoms with E-state index in [4.69, 9.17) is 0 Å². The lowest BCUT2D eigenvalue weighted by Gasteiger charge is -2.29. The van der Waals surface area contributed by atoms with Crippen LogP contribution in [0, 0.1) is 0 Å². The van der Waals surface area contributed by atoms with Gasteiger partial charge in [0.05, 0.1) is 0 Å². The molecule has 1 aromatic heterocycles. The number of nitrogens with one attached hydrogen (secondary N) is 1. The first-order valence-corrected chi connectivity index (χ1v) is 8.95. The molecule has 1 N–H and O–H groups in total. The summed E-state index contributed by atoms with van der Waals surface area (Å²) in [5.41, 5.74) is 0. The van der Waals surface area contributed by atoms with E-state index in [2.05, 4.69) is 31.2 Å². The minimum absolute atomic E-state index is 0.0697. The van der Waals surface area contributed by atoms with Crippen molar-refractivity contribution in [1.82, 2.24) is 15.3 Å². The van der Waals surface area contributed by atoms with Crippen LogP contribution in [0.1, 0.15) is 44.9 Å². The average Bonchev–Trinajstić information content (AvgIpc) is 3.27. The van der Waals surface area contributed by atoms with Crippen molar-refractivity contribution in [3.05, 3.63) is 12.4 Å². The summed E-state index contributed by atoms with van der Waals surface area (Å²) in [5, 5.41) is 3.14. The van der Waals surface area contributed by atoms with Crippen LogP contribution in [-0.4, -0.2) is 47.6 Å². The van der Waals surface area contributed by atoms with Crippen molar-refractivity contribution < 1.29 is 4.79 Å². The Labute approximate surface area is 137 Å².